The highest BCUT2D eigenvalue weighted by atomic mass is 79.9. The Hall–Kier alpha value is -1.09. The van der Waals surface area contributed by atoms with Gasteiger partial charge in [0.05, 0.1) is 5.69 Å². The lowest BCUT2D eigenvalue weighted by atomic mass is 10.1. The zero-order chi connectivity index (χ0) is 12.4. The third-order valence-corrected chi connectivity index (χ3v) is 3.66. The molecule has 0 amide bonds. The number of hydrogen-bond donors (Lipinski definition) is 0. The van der Waals surface area contributed by atoms with E-state index in [1.54, 1.807) is 6.92 Å². The molecule has 0 N–H and O–H groups in total. The van der Waals surface area contributed by atoms with E-state index in [0.29, 0.717) is 0 Å². The van der Waals surface area contributed by atoms with E-state index in [2.05, 4.69) is 33.8 Å². The van der Waals surface area contributed by atoms with E-state index in [1.807, 2.05) is 18.2 Å². The smallest absolute Gasteiger partial charge is 0.159 e. The van der Waals surface area contributed by atoms with Gasteiger partial charge in [-0.15, -0.1) is 0 Å². The first-order chi connectivity index (χ1) is 8.08. The van der Waals surface area contributed by atoms with Crippen molar-refractivity contribution in [1.29, 1.82) is 0 Å². The molecule has 17 heavy (non-hydrogen) atoms. The van der Waals surface area contributed by atoms with Gasteiger partial charge >= 0.3 is 0 Å². The summed E-state index contributed by atoms with van der Waals surface area (Å²) in [4.78, 5) is 13.6. The molecule has 0 fully saturated rings. The van der Waals surface area contributed by atoms with Crippen molar-refractivity contribution in [3.8, 4) is 0 Å². The van der Waals surface area contributed by atoms with Gasteiger partial charge in [-0.05, 0) is 54.4 Å². The highest BCUT2D eigenvalue weighted by Gasteiger charge is 2.14. The second-order valence-corrected chi connectivity index (χ2v) is 5.34. The maximum absolute atomic E-state index is 11.3. The van der Waals surface area contributed by atoms with Crippen LogP contribution in [-0.2, 0) is 0 Å². The molecule has 2 nitrogen and oxygen atoms in total. The van der Waals surface area contributed by atoms with Crippen molar-refractivity contribution >= 4 is 27.4 Å². The number of hydrogen-bond acceptors (Lipinski definition) is 2. The van der Waals surface area contributed by atoms with Gasteiger partial charge in [-0.25, -0.2) is 0 Å². The van der Waals surface area contributed by atoms with Crippen LogP contribution in [0.3, 0.4) is 0 Å². The van der Waals surface area contributed by atoms with Gasteiger partial charge in [-0.3, -0.25) is 4.79 Å². The Kier molecular flexibility index (Phi) is 3.67. The predicted octanol–water partition coefficient (Wildman–Crippen LogP) is 3.81. The largest absolute Gasteiger partial charge is 0.366 e. The van der Waals surface area contributed by atoms with Crippen molar-refractivity contribution < 1.29 is 4.79 Å². The minimum absolute atomic E-state index is 0.104. The standard InChI is InChI=1S/C14H16BrNO/c1-10-4-3-7-16(9-10)14-6-5-12(11(2)17)8-13(14)15/h4-6,8H,3,7,9H2,1-2H3. The first-order valence-corrected chi connectivity index (χ1v) is 6.58. The number of nitrogens with zero attached hydrogens (tertiary/aromatic N) is 1. The molecular weight excluding hydrogens is 278 g/mol. The van der Waals surface area contributed by atoms with Crippen molar-refractivity contribution in [3.05, 3.63) is 39.9 Å². The molecule has 90 valence electrons. The van der Waals surface area contributed by atoms with Gasteiger partial charge < -0.3 is 4.90 Å². The van der Waals surface area contributed by atoms with Crippen molar-refractivity contribution in [3.63, 3.8) is 0 Å². The second-order valence-electron chi connectivity index (χ2n) is 4.48. The van der Waals surface area contributed by atoms with Crippen molar-refractivity contribution in [2.45, 2.75) is 20.3 Å². The monoisotopic (exact) mass is 293 g/mol. The summed E-state index contributed by atoms with van der Waals surface area (Å²) in [5, 5.41) is 0. The maximum Gasteiger partial charge on any atom is 0.159 e. The molecule has 0 aromatic heterocycles. The average Bonchev–Trinajstić information content (AvgIpc) is 2.28. The van der Waals surface area contributed by atoms with E-state index in [1.165, 1.54) is 11.3 Å². The Balaban J connectivity index is 2.28. The summed E-state index contributed by atoms with van der Waals surface area (Å²) in [6.45, 7) is 5.76. The highest BCUT2D eigenvalue weighted by molar-refractivity contribution is 9.10. The van der Waals surface area contributed by atoms with E-state index in [9.17, 15) is 4.79 Å². The lowest BCUT2D eigenvalue weighted by Crippen LogP contribution is -2.29. The third-order valence-electron chi connectivity index (χ3n) is 3.03. The van der Waals surface area contributed by atoms with Crippen molar-refractivity contribution in [1.82, 2.24) is 0 Å². The molecule has 3 heteroatoms. The van der Waals surface area contributed by atoms with Crippen LogP contribution < -0.4 is 4.90 Å². The topological polar surface area (TPSA) is 20.3 Å². The third kappa shape index (κ3) is 2.78. The van der Waals surface area contributed by atoms with Gasteiger partial charge in [-0.2, -0.15) is 0 Å². The molecule has 1 aliphatic rings. The number of ketones is 1. The molecule has 0 unspecified atom stereocenters. The van der Waals surface area contributed by atoms with Gasteiger partial charge in [0.2, 0.25) is 0 Å². The lowest BCUT2D eigenvalue weighted by molar-refractivity contribution is 0.101. The van der Waals surface area contributed by atoms with Gasteiger partial charge in [-0.1, -0.05) is 11.6 Å². The van der Waals surface area contributed by atoms with E-state index in [4.69, 9.17) is 0 Å². The minimum atomic E-state index is 0.104. The molecule has 0 aliphatic carbocycles. The summed E-state index contributed by atoms with van der Waals surface area (Å²) < 4.78 is 1.000. The number of halogens is 1. The number of benzene rings is 1. The molecule has 2 rings (SSSR count). The molecule has 1 heterocycles. The molecule has 0 atom stereocenters. The van der Waals surface area contributed by atoms with E-state index < -0.39 is 0 Å². The number of carbonyl (C=O) groups is 1. The Labute approximate surface area is 110 Å². The second kappa shape index (κ2) is 5.05. The van der Waals surface area contributed by atoms with Gasteiger partial charge in [0.15, 0.2) is 5.78 Å². The molecule has 0 saturated carbocycles. The molecular formula is C14H16BrNO. The maximum atomic E-state index is 11.3. The Morgan fingerprint density at radius 2 is 2.18 bits per heavy atom. The molecule has 1 aromatic carbocycles. The lowest BCUT2D eigenvalue weighted by Gasteiger charge is -2.29. The van der Waals surface area contributed by atoms with Crippen LogP contribution in [0.4, 0.5) is 5.69 Å². The van der Waals surface area contributed by atoms with Crippen LogP contribution in [0.5, 0.6) is 0 Å². The fraction of sp³-hybridized carbons (Fsp3) is 0.357. The Bertz CT molecular complexity index is 479. The summed E-state index contributed by atoms with van der Waals surface area (Å²) in [7, 11) is 0. The summed E-state index contributed by atoms with van der Waals surface area (Å²) in [6, 6.07) is 5.83. The highest BCUT2D eigenvalue weighted by Crippen LogP contribution is 2.29. The number of Topliss-reactive ketones (excluding diaryl/α,β-unsaturated/α-hetero) is 1. The summed E-state index contributed by atoms with van der Waals surface area (Å²) in [6.07, 6.45) is 3.38. The van der Waals surface area contributed by atoms with Crippen LogP contribution in [0, 0.1) is 0 Å². The van der Waals surface area contributed by atoms with E-state index >= 15 is 0 Å². The first kappa shape index (κ1) is 12.4. The van der Waals surface area contributed by atoms with Crippen LogP contribution >= 0.6 is 15.9 Å². The average molecular weight is 294 g/mol. The van der Waals surface area contributed by atoms with Crippen LogP contribution in [0.1, 0.15) is 30.6 Å². The summed E-state index contributed by atoms with van der Waals surface area (Å²) in [5.41, 5.74) is 3.33. The van der Waals surface area contributed by atoms with Crippen LogP contribution in [0.2, 0.25) is 0 Å². The molecule has 0 saturated heterocycles. The molecule has 0 spiro atoms. The van der Waals surface area contributed by atoms with Crippen LogP contribution in [-0.4, -0.2) is 18.9 Å². The summed E-state index contributed by atoms with van der Waals surface area (Å²) in [5.74, 6) is 0.104. The predicted molar refractivity (Wildman–Crippen MR) is 74.7 cm³/mol. The molecule has 1 aromatic rings. The SMILES string of the molecule is CC(=O)c1ccc(N2CCC=C(C)C2)c(Br)c1. The van der Waals surface area contributed by atoms with E-state index in [-0.39, 0.29) is 5.78 Å². The molecule has 0 radical (unpaired) electrons. The van der Waals surface area contributed by atoms with E-state index in [0.717, 1.165) is 29.5 Å². The number of anilines is 1. The van der Waals surface area contributed by atoms with Gasteiger partial charge in [0.1, 0.15) is 0 Å². The zero-order valence-electron chi connectivity index (χ0n) is 10.2. The Morgan fingerprint density at radius 1 is 1.41 bits per heavy atom. The zero-order valence-corrected chi connectivity index (χ0v) is 11.8. The van der Waals surface area contributed by atoms with Crippen molar-refractivity contribution in [2.75, 3.05) is 18.0 Å². The summed E-state index contributed by atoms with van der Waals surface area (Å²) >= 11 is 3.56. The Morgan fingerprint density at radius 3 is 2.76 bits per heavy atom. The first-order valence-electron chi connectivity index (χ1n) is 5.79. The minimum Gasteiger partial charge on any atom is -0.366 e. The van der Waals surface area contributed by atoms with Crippen LogP contribution in [0.25, 0.3) is 0 Å². The fourth-order valence-corrected chi connectivity index (χ4v) is 2.73. The normalized spacial score (nSPS) is 15.7. The number of carbonyl (C=O) groups excluding carboxylic acids is 1. The molecule has 0 bridgehead atoms. The van der Waals surface area contributed by atoms with Crippen LogP contribution in [0.15, 0.2) is 34.3 Å². The molecule has 1 aliphatic heterocycles. The van der Waals surface area contributed by atoms with Gasteiger partial charge in [0.25, 0.3) is 0 Å². The number of rotatable bonds is 2. The quantitative estimate of drug-likeness (QED) is 0.610. The fourth-order valence-electron chi connectivity index (χ4n) is 2.10. The van der Waals surface area contributed by atoms with Crippen molar-refractivity contribution in [2.24, 2.45) is 0 Å². The van der Waals surface area contributed by atoms with Gasteiger partial charge in [0, 0.05) is 23.1 Å².